The van der Waals surface area contributed by atoms with E-state index in [1.807, 2.05) is 6.92 Å². The van der Waals surface area contributed by atoms with Crippen LogP contribution >= 0.6 is 11.6 Å². The number of benzene rings is 1. The van der Waals surface area contributed by atoms with E-state index >= 15 is 0 Å². The minimum atomic E-state index is 0.155. The number of anilines is 3. The number of ether oxygens (including phenoxy) is 2. The van der Waals surface area contributed by atoms with Gasteiger partial charge in [-0.2, -0.15) is 15.0 Å². The van der Waals surface area contributed by atoms with Gasteiger partial charge in [0.25, 0.3) is 0 Å². The number of rotatable bonds is 6. The molecule has 1 aromatic heterocycles. The zero-order valence-corrected chi connectivity index (χ0v) is 12.3. The number of halogens is 1. The van der Waals surface area contributed by atoms with Crippen molar-refractivity contribution < 1.29 is 9.47 Å². The predicted octanol–water partition coefficient (Wildman–Crippen LogP) is 1.96. The third-order valence-electron chi connectivity index (χ3n) is 2.44. The zero-order chi connectivity index (χ0) is 15.2. The molecular formula is C12H15ClN6O2. The number of hydrazine groups is 1. The van der Waals surface area contributed by atoms with Crippen LogP contribution < -0.4 is 26.1 Å². The van der Waals surface area contributed by atoms with Gasteiger partial charge in [-0.1, -0.05) is 11.6 Å². The van der Waals surface area contributed by atoms with E-state index in [4.69, 9.17) is 26.9 Å². The van der Waals surface area contributed by atoms with Gasteiger partial charge in [-0.05, 0) is 19.1 Å². The first-order valence-electron chi connectivity index (χ1n) is 6.12. The highest BCUT2D eigenvalue weighted by atomic mass is 35.5. The van der Waals surface area contributed by atoms with Gasteiger partial charge in [0.1, 0.15) is 5.75 Å². The van der Waals surface area contributed by atoms with Gasteiger partial charge in [0.05, 0.1) is 24.4 Å². The Morgan fingerprint density at radius 1 is 1.24 bits per heavy atom. The Hall–Kier alpha value is -2.32. The Labute approximate surface area is 126 Å². The van der Waals surface area contributed by atoms with Gasteiger partial charge in [0.2, 0.25) is 11.9 Å². The van der Waals surface area contributed by atoms with E-state index < -0.39 is 0 Å². The topological polar surface area (TPSA) is 107 Å². The van der Waals surface area contributed by atoms with E-state index in [0.717, 1.165) is 0 Å². The van der Waals surface area contributed by atoms with Crippen molar-refractivity contribution in [1.29, 1.82) is 0 Å². The molecule has 4 N–H and O–H groups in total. The SMILES string of the molecule is CCOc1nc(NN)nc(Nc2cc(OC)ccc2Cl)n1. The van der Waals surface area contributed by atoms with Crippen LogP contribution in [0.25, 0.3) is 0 Å². The van der Waals surface area contributed by atoms with Gasteiger partial charge in [0.15, 0.2) is 0 Å². The summed E-state index contributed by atoms with van der Waals surface area (Å²) in [5.41, 5.74) is 2.94. The fourth-order valence-electron chi connectivity index (χ4n) is 1.52. The number of nitrogen functional groups attached to an aromatic ring is 1. The second-order valence-corrected chi connectivity index (χ2v) is 4.22. The van der Waals surface area contributed by atoms with Crippen molar-refractivity contribution in [2.75, 3.05) is 24.5 Å². The molecule has 1 aromatic carbocycles. The smallest absolute Gasteiger partial charge is 0.323 e. The van der Waals surface area contributed by atoms with E-state index in [2.05, 4.69) is 25.7 Å². The Kier molecular flexibility index (Phi) is 4.96. The van der Waals surface area contributed by atoms with Crippen LogP contribution in [0.5, 0.6) is 11.8 Å². The third kappa shape index (κ3) is 3.83. The number of nitrogens with two attached hydrogens (primary N) is 1. The molecule has 0 bridgehead atoms. The quantitative estimate of drug-likeness (QED) is 0.549. The lowest BCUT2D eigenvalue weighted by Gasteiger charge is -2.10. The van der Waals surface area contributed by atoms with Gasteiger partial charge in [-0.25, -0.2) is 5.84 Å². The van der Waals surface area contributed by atoms with Crippen molar-refractivity contribution in [2.24, 2.45) is 5.84 Å². The molecule has 8 nitrogen and oxygen atoms in total. The molecule has 0 fully saturated rings. The normalized spacial score (nSPS) is 10.1. The number of nitrogens with zero attached hydrogens (tertiary/aromatic N) is 3. The summed E-state index contributed by atoms with van der Waals surface area (Å²) >= 11 is 6.12. The zero-order valence-electron chi connectivity index (χ0n) is 11.6. The second-order valence-electron chi connectivity index (χ2n) is 3.81. The summed E-state index contributed by atoms with van der Waals surface area (Å²) in [6, 6.07) is 5.33. The van der Waals surface area contributed by atoms with E-state index in [-0.39, 0.29) is 17.9 Å². The average molecular weight is 311 g/mol. The fraction of sp³-hybridized carbons (Fsp3) is 0.250. The Bertz CT molecular complexity index is 625. The van der Waals surface area contributed by atoms with Crippen molar-refractivity contribution in [2.45, 2.75) is 6.92 Å². The van der Waals surface area contributed by atoms with Crippen LogP contribution in [-0.2, 0) is 0 Å². The first-order valence-corrected chi connectivity index (χ1v) is 6.50. The summed E-state index contributed by atoms with van der Waals surface area (Å²) < 4.78 is 10.4. The number of methoxy groups -OCH3 is 1. The molecule has 0 aliphatic carbocycles. The Morgan fingerprint density at radius 2 is 2.00 bits per heavy atom. The van der Waals surface area contributed by atoms with E-state index in [1.165, 1.54) is 0 Å². The van der Waals surface area contributed by atoms with Crippen molar-refractivity contribution in [3.8, 4) is 11.8 Å². The molecule has 2 aromatic rings. The molecule has 0 atom stereocenters. The van der Waals surface area contributed by atoms with Crippen LogP contribution in [0.1, 0.15) is 6.92 Å². The lowest BCUT2D eigenvalue weighted by atomic mass is 10.3. The first kappa shape index (κ1) is 15.1. The van der Waals surface area contributed by atoms with Gasteiger partial charge < -0.3 is 14.8 Å². The Balaban J connectivity index is 2.32. The highest BCUT2D eigenvalue weighted by molar-refractivity contribution is 6.33. The van der Waals surface area contributed by atoms with Crippen LogP contribution in [0.4, 0.5) is 17.6 Å². The molecule has 0 aliphatic rings. The van der Waals surface area contributed by atoms with E-state index in [0.29, 0.717) is 23.1 Å². The lowest BCUT2D eigenvalue weighted by molar-refractivity contribution is 0.312. The summed E-state index contributed by atoms with van der Waals surface area (Å²) in [5, 5.41) is 3.47. The number of hydrogen-bond acceptors (Lipinski definition) is 8. The molecule has 0 spiro atoms. The number of aromatic nitrogens is 3. The molecule has 21 heavy (non-hydrogen) atoms. The van der Waals surface area contributed by atoms with Crippen molar-refractivity contribution in [3.05, 3.63) is 23.2 Å². The summed E-state index contributed by atoms with van der Waals surface area (Å²) in [5.74, 6) is 6.39. The van der Waals surface area contributed by atoms with Crippen molar-refractivity contribution >= 4 is 29.2 Å². The molecule has 0 aliphatic heterocycles. The molecular weight excluding hydrogens is 296 g/mol. The number of hydrogen-bond donors (Lipinski definition) is 3. The van der Waals surface area contributed by atoms with Gasteiger partial charge in [-0.3, -0.25) is 5.43 Å². The summed E-state index contributed by atoms with van der Waals surface area (Å²) in [6.07, 6.45) is 0. The molecule has 2 rings (SSSR count). The molecule has 0 radical (unpaired) electrons. The molecule has 9 heteroatoms. The lowest BCUT2D eigenvalue weighted by Crippen LogP contribution is -2.13. The molecule has 0 saturated heterocycles. The van der Waals surface area contributed by atoms with Gasteiger partial charge in [0, 0.05) is 6.07 Å². The molecule has 112 valence electrons. The monoisotopic (exact) mass is 310 g/mol. The third-order valence-corrected chi connectivity index (χ3v) is 2.77. The van der Waals surface area contributed by atoms with Crippen LogP contribution in [0.2, 0.25) is 5.02 Å². The summed E-state index contributed by atoms with van der Waals surface area (Å²) in [4.78, 5) is 12.2. The van der Waals surface area contributed by atoms with Crippen LogP contribution in [0, 0.1) is 0 Å². The second kappa shape index (κ2) is 6.91. The maximum Gasteiger partial charge on any atom is 0.323 e. The first-order chi connectivity index (χ1) is 10.2. The van der Waals surface area contributed by atoms with Crippen molar-refractivity contribution in [1.82, 2.24) is 15.0 Å². The predicted molar refractivity (Wildman–Crippen MR) is 80.1 cm³/mol. The minimum Gasteiger partial charge on any atom is -0.497 e. The highest BCUT2D eigenvalue weighted by Crippen LogP contribution is 2.28. The standard InChI is InChI=1S/C12H15ClN6O2/c1-3-21-12-17-10(16-11(18-12)19-14)15-9-6-7(20-2)4-5-8(9)13/h4-6H,3,14H2,1-2H3,(H2,15,16,17,18,19). The molecule has 0 saturated carbocycles. The Morgan fingerprint density at radius 3 is 2.67 bits per heavy atom. The number of nitrogens with one attached hydrogen (secondary N) is 2. The highest BCUT2D eigenvalue weighted by Gasteiger charge is 2.09. The molecule has 0 unspecified atom stereocenters. The van der Waals surface area contributed by atoms with Crippen LogP contribution in [0.3, 0.4) is 0 Å². The fourth-order valence-corrected chi connectivity index (χ4v) is 1.68. The average Bonchev–Trinajstić information content (AvgIpc) is 2.49. The van der Waals surface area contributed by atoms with Crippen LogP contribution in [0.15, 0.2) is 18.2 Å². The maximum absolute atomic E-state index is 6.12. The van der Waals surface area contributed by atoms with Gasteiger partial charge in [-0.15, -0.1) is 0 Å². The van der Waals surface area contributed by atoms with E-state index in [9.17, 15) is 0 Å². The largest absolute Gasteiger partial charge is 0.497 e. The van der Waals surface area contributed by atoms with Gasteiger partial charge >= 0.3 is 6.01 Å². The van der Waals surface area contributed by atoms with Crippen molar-refractivity contribution in [3.63, 3.8) is 0 Å². The minimum absolute atomic E-state index is 0.155. The maximum atomic E-state index is 6.12. The van der Waals surface area contributed by atoms with Crippen LogP contribution in [-0.4, -0.2) is 28.7 Å². The molecule has 0 amide bonds. The van der Waals surface area contributed by atoms with E-state index in [1.54, 1.807) is 25.3 Å². The summed E-state index contributed by atoms with van der Waals surface area (Å²) in [6.45, 7) is 2.25. The summed E-state index contributed by atoms with van der Waals surface area (Å²) in [7, 11) is 1.57. The molecule has 1 heterocycles.